The number of likely N-dealkylation sites (tertiary alicyclic amines) is 1. The Morgan fingerprint density at radius 3 is 3.04 bits per heavy atom. The molecule has 1 aromatic carbocycles. The number of nitrogens with two attached hydrogens (primary N) is 1. The summed E-state index contributed by atoms with van der Waals surface area (Å²) in [6, 6.07) is 5.93. The van der Waals surface area contributed by atoms with E-state index in [0.717, 1.165) is 48.3 Å². The van der Waals surface area contributed by atoms with Crippen LogP contribution in [0.15, 0.2) is 22.6 Å². The van der Waals surface area contributed by atoms with Gasteiger partial charge in [0, 0.05) is 36.5 Å². The standard InChI is InChI=1S/C18H22N2O3/c19-12-7-8-20(10-12)18(21)11-22-13-5-6-17-15(9-13)14-3-1-2-4-16(14)23-17/h5-6,9,12H,1-4,7-8,10-11,19H2/t12-/m1/s1. The Balaban J connectivity index is 1.48. The van der Waals surface area contributed by atoms with E-state index in [1.165, 1.54) is 18.4 Å². The molecule has 4 rings (SSSR count). The monoisotopic (exact) mass is 314 g/mol. The second kappa shape index (κ2) is 5.89. The van der Waals surface area contributed by atoms with E-state index in [9.17, 15) is 4.79 Å². The number of carbonyl (C=O) groups is 1. The van der Waals surface area contributed by atoms with Gasteiger partial charge < -0.3 is 19.8 Å². The van der Waals surface area contributed by atoms with Gasteiger partial charge >= 0.3 is 0 Å². The maximum atomic E-state index is 12.1. The molecule has 2 heterocycles. The van der Waals surface area contributed by atoms with Crippen molar-refractivity contribution in [2.24, 2.45) is 5.73 Å². The lowest BCUT2D eigenvalue weighted by Gasteiger charge is -2.16. The minimum absolute atomic E-state index is 0.00673. The van der Waals surface area contributed by atoms with E-state index in [1.807, 2.05) is 18.2 Å². The van der Waals surface area contributed by atoms with Gasteiger partial charge in [-0.05, 0) is 43.9 Å². The highest BCUT2D eigenvalue weighted by atomic mass is 16.5. The highest BCUT2D eigenvalue weighted by molar-refractivity contribution is 5.84. The molecule has 1 amide bonds. The van der Waals surface area contributed by atoms with Crippen LogP contribution >= 0.6 is 0 Å². The molecule has 0 spiro atoms. The van der Waals surface area contributed by atoms with Crippen LogP contribution in [0, 0.1) is 0 Å². The van der Waals surface area contributed by atoms with Gasteiger partial charge in [0.25, 0.3) is 5.91 Å². The second-order valence-corrected chi connectivity index (χ2v) is 6.55. The summed E-state index contributed by atoms with van der Waals surface area (Å²) in [6.07, 6.45) is 5.37. The smallest absolute Gasteiger partial charge is 0.260 e. The van der Waals surface area contributed by atoms with E-state index in [0.29, 0.717) is 6.54 Å². The number of nitrogens with zero attached hydrogens (tertiary/aromatic N) is 1. The number of fused-ring (bicyclic) bond motifs is 3. The molecule has 0 saturated carbocycles. The van der Waals surface area contributed by atoms with Crippen molar-refractivity contribution in [3.05, 3.63) is 29.5 Å². The quantitative estimate of drug-likeness (QED) is 0.943. The van der Waals surface area contributed by atoms with Gasteiger partial charge in [0.15, 0.2) is 6.61 Å². The molecule has 0 bridgehead atoms. The number of benzene rings is 1. The zero-order valence-electron chi connectivity index (χ0n) is 13.2. The van der Waals surface area contributed by atoms with Crippen LogP contribution in [-0.4, -0.2) is 36.5 Å². The number of hydrogen-bond acceptors (Lipinski definition) is 4. The number of hydrogen-bond donors (Lipinski definition) is 1. The van der Waals surface area contributed by atoms with Gasteiger partial charge in [-0.25, -0.2) is 0 Å². The molecule has 5 nitrogen and oxygen atoms in total. The third-order valence-corrected chi connectivity index (χ3v) is 4.87. The fourth-order valence-corrected chi connectivity index (χ4v) is 3.58. The molecular weight excluding hydrogens is 292 g/mol. The molecule has 1 aliphatic carbocycles. The van der Waals surface area contributed by atoms with Crippen molar-refractivity contribution in [2.45, 2.75) is 38.1 Å². The summed E-state index contributed by atoms with van der Waals surface area (Å²) in [5.74, 6) is 1.85. The molecule has 122 valence electrons. The van der Waals surface area contributed by atoms with E-state index in [-0.39, 0.29) is 18.6 Å². The van der Waals surface area contributed by atoms with Gasteiger partial charge in [-0.3, -0.25) is 4.79 Å². The Morgan fingerprint density at radius 2 is 2.22 bits per heavy atom. The molecule has 0 unspecified atom stereocenters. The fourth-order valence-electron chi connectivity index (χ4n) is 3.58. The highest BCUT2D eigenvalue weighted by Gasteiger charge is 2.24. The maximum Gasteiger partial charge on any atom is 0.260 e. The Bertz CT molecular complexity index is 737. The summed E-state index contributed by atoms with van der Waals surface area (Å²) < 4.78 is 11.6. The first-order valence-corrected chi connectivity index (χ1v) is 8.41. The van der Waals surface area contributed by atoms with Gasteiger partial charge in [0.2, 0.25) is 0 Å². The molecule has 2 aromatic rings. The third-order valence-electron chi connectivity index (χ3n) is 4.87. The van der Waals surface area contributed by atoms with E-state index >= 15 is 0 Å². The zero-order chi connectivity index (χ0) is 15.8. The maximum absolute atomic E-state index is 12.1. The van der Waals surface area contributed by atoms with Crippen LogP contribution in [0.25, 0.3) is 11.0 Å². The molecule has 2 N–H and O–H groups in total. The lowest BCUT2D eigenvalue weighted by molar-refractivity contribution is -0.132. The molecule has 1 saturated heterocycles. The van der Waals surface area contributed by atoms with E-state index in [4.69, 9.17) is 14.9 Å². The predicted octanol–water partition coefficient (Wildman–Crippen LogP) is 2.25. The summed E-state index contributed by atoms with van der Waals surface area (Å²) in [6.45, 7) is 1.44. The molecule has 1 atom stereocenters. The SMILES string of the molecule is N[C@@H]1CCN(C(=O)COc2ccc3oc4c(c3c2)CCCC4)C1. The topological polar surface area (TPSA) is 68.7 Å². The average Bonchev–Trinajstić information content (AvgIpc) is 3.16. The minimum atomic E-state index is 0.00673. The molecular formula is C18H22N2O3. The van der Waals surface area contributed by atoms with Gasteiger partial charge in [-0.1, -0.05) is 0 Å². The lowest BCUT2D eigenvalue weighted by atomic mass is 9.96. The number of amides is 1. The summed E-state index contributed by atoms with van der Waals surface area (Å²) in [5, 5.41) is 1.13. The van der Waals surface area contributed by atoms with Crippen molar-refractivity contribution in [3.8, 4) is 5.75 Å². The predicted molar refractivity (Wildman–Crippen MR) is 87.5 cm³/mol. The van der Waals surface area contributed by atoms with Crippen molar-refractivity contribution in [1.82, 2.24) is 4.90 Å². The van der Waals surface area contributed by atoms with Crippen molar-refractivity contribution in [3.63, 3.8) is 0 Å². The van der Waals surface area contributed by atoms with Gasteiger partial charge in [0.05, 0.1) is 0 Å². The number of carbonyl (C=O) groups excluding carboxylic acids is 1. The first kappa shape index (κ1) is 14.6. The average molecular weight is 314 g/mol. The van der Waals surface area contributed by atoms with E-state index < -0.39 is 0 Å². The zero-order valence-corrected chi connectivity index (χ0v) is 13.2. The van der Waals surface area contributed by atoms with Crippen LogP contribution in [0.2, 0.25) is 0 Å². The number of aryl methyl sites for hydroxylation is 2. The Hall–Kier alpha value is -2.01. The Morgan fingerprint density at radius 1 is 1.35 bits per heavy atom. The lowest BCUT2D eigenvalue weighted by Crippen LogP contribution is -2.35. The molecule has 23 heavy (non-hydrogen) atoms. The highest BCUT2D eigenvalue weighted by Crippen LogP contribution is 2.33. The molecule has 2 aliphatic rings. The van der Waals surface area contributed by atoms with Crippen LogP contribution in [-0.2, 0) is 17.6 Å². The summed E-state index contributed by atoms with van der Waals surface area (Å²) in [5.41, 5.74) is 8.07. The first-order valence-electron chi connectivity index (χ1n) is 8.41. The minimum Gasteiger partial charge on any atom is -0.484 e. The summed E-state index contributed by atoms with van der Waals surface area (Å²) >= 11 is 0. The van der Waals surface area contributed by atoms with E-state index in [2.05, 4.69) is 0 Å². The van der Waals surface area contributed by atoms with Crippen molar-refractivity contribution < 1.29 is 13.9 Å². The Labute approximate surface area is 135 Å². The number of rotatable bonds is 3. The summed E-state index contributed by atoms with van der Waals surface area (Å²) in [4.78, 5) is 13.9. The largest absolute Gasteiger partial charge is 0.484 e. The second-order valence-electron chi connectivity index (χ2n) is 6.55. The summed E-state index contributed by atoms with van der Waals surface area (Å²) in [7, 11) is 0. The van der Waals surface area contributed by atoms with Crippen LogP contribution in [0.4, 0.5) is 0 Å². The normalized spacial score (nSPS) is 20.7. The number of ether oxygens (including phenoxy) is 1. The van der Waals surface area contributed by atoms with Crippen LogP contribution < -0.4 is 10.5 Å². The molecule has 1 fully saturated rings. The molecule has 1 aliphatic heterocycles. The van der Waals surface area contributed by atoms with Crippen LogP contribution in [0.3, 0.4) is 0 Å². The van der Waals surface area contributed by atoms with Crippen molar-refractivity contribution in [1.29, 1.82) is 0 Å². The Kier molecular flexibility index (Phi) is 3.73. The van der Waals surface area contributed by atoms with Gasteiger partial charge in [0.1, 0.15) is 17.1 Å². The van der Waals surface area contributed by atoms with Crippen molar-refractivity contribution in [2.75, 3.05) is 19.7 Å². The van der Waals surface area contributed by atoms with Crippen molar-refractivity contribution >= 4 is 16.9 Å². The van der Waals surface area contributed by atoms with Crippen LogP contribution in [0.1, 0.15) is 30.6 Å². The molecule has 0 radical (unpaired) electrons. The molecule has 1 aromatic heterocycles. The van der Waals surface area contributed by atoms with Gasteiger partial charge in [-0.2, -0.15) is 0 Å². The van der Waals surface area contributed by atoms with E-state index in [1.54, 1.807) is 4.90 Å². The number of furan rings is 1. The third kappa shape index (κ3) is 2.81. The van der Waals surface area contributed by atoms with Crippen LogP contribution in [0.5, 0.6) is 5.75 Å². The molecule has 5 heteroatoms. The first-order chi connectivity index (χ1) is 11.2. The van der Waals surface area contributed by atoms with Gasteiger partial charge in [-0.15, -0.1) is 0 Å². The fraction of sp³-hybridized carbons (Fsp3) is 0.500.